The van der Waals surface area contributed by atoms with Crippen LogP contribution in [-0.4, -0.2) is 27.8 Å². The molecule has 1 aliphatic rings. The number of rotatable bonds is 6. The summed E-state index contributed by atoms with van der Waals surface area (Å²) in [5.41, 5.74) is 3.00. The quantitative estimate of drug-likeness (QED) is 0.280. The number of hydrogen-bond donors (Lipinski definition) is 1. The zero-order chi connectivity index (χ0) is 22.0. The van der Waals surface area contributed by atoms with Gasteiger partial charge in [-0.1, -0.05) is 56.8 Å². The van der Waals surface area contributed by atoms with E-state index in [2.05, 4.69) is 55.0 Å². The fourth-order valence-electron chi connectivity index (χ4n) is 3.95. The molecule has 0 spiro atoms. The van der Waals surface area contributed by atoms with Gasteiger partial charge in [-0.3, -0.25) is 9.59 Å². The largest absolute Gasteiger partial charge is 0.462 e. The van der Waals surface area contributed by atoms with Gasteiger partial charge in [0.05, 0.1) is 11.1 Å². The number of benzene rings is 1. The van der Waals surface area contributed by atoms with Crippen LogP contribution in [0.4, 0.5) is 0 Å². The lowest BCUT2D eigenvalue weighted by Gasteiger charge is -2.25. The third-order valence-corrected chi connectivity index (χ3v) is 7.62. The van der Waals surface area contributed by atoms with Crippen molar-refractivity contribution < 1.29 is 9.53 Å². The number of ether oxygens (including phenoxy) is 1. The minimum atomic E-state index is -0.246. The molecule has 1 saturated carbocycles. The Balaban J connectivity index is 1.45. The molecule has 7 heteroatoms. The molecule has 31 heavy (non-hydrogen) atoms. The number of esters is 1. The monoisotopic (exact) mass is 456 g/mol. The molecular formula is C24H28N2O3S2. The highest BCUT2D eigenvalue weighted by Crippen LogP contribution is 2.32. The summed E-state index contributed by atoms with van der Waals surface area (Å²) in [5, 5.41) is 3.03. The maximum atomic E-state index is 12.8. The van der Waals surface area contributed by atoms with Crippen molar-refractivity contribution in [2.75, 3.05) is 5.75 Å². The van der Waals surface area contributed by atoms with E-state index in [-0.39, 0.29) is 23.4 Å². The number of nitrogens with one attached hydrogen (secondary N) is 1. The summed E-state index contributed by atoms with van der Waals surface area (Å²) in [6.45, 7) is 6.56. The van der Waals surface area contributed by atoms with Gasteiger partial charge < -0.3 is 9.72 Å². The molecule has 3 aromatic rings. The molecule has 0 saturated heterocycles. The van der Waals surface area contributed by atoms with Gasteiger partial charge in [0.1, 0.15) is 10.9 Å². The second kappa shape index (κ2) is 9.57. The van der Waals surface area contributed by atoms with E-state index in [0.717, 1.165) is 36.8 Å². The van der Waals surface area contributed by atoms with Gasteiger partial charge in [-0.25, -0.2) is 4.98 Å². The van der Waals surface area contributed by atoms with E-state index in [4.69, 9.17) is 4.74 Å². The van der Waals surface area contributed by atoms with E-state index in [9.17, 15) is 9.59 Å². The van der Waals surface area contributed by atoms with E-state index in [1.165, 1.54) is 28.7 Å². The third-order valence-electron chi connectivity index (χ3n) is 5.90. The first-order valence-electron chi connectivity index (χ1n) is 10.8. The maximum Gasteiger partial charge on any atom is 0.316 e. The van der Waals surface area contributed by atoms with Gasteiger partial charge in [-0.05, 0) is 48.6 Å². The molecule has 0 bridgehead atoms. The Labute approximate surface area is 190 Å². The van der Waals surface area contributed by atoms with Crippen molar-refractivity contribution in [3.8, 4) is 11.1 Å². The molecule has 2 aromatic heterocycles. The number of fused-ring (bicyclic) bond motifs is 1. The third kappa shape index (κ3) is 5.21. The first-order valence-corrected chi connectivity index (χ1v) is 12.7. The maximum absolute atomic E-state index is 12.8. The Morgan fingerprint density at radius 3 is 2.61 bits per heavy atom. The summed E-state index contributed by atoms with van der Waals surface area (Å²) in [7, 11) is 0. The Kier molecular flexibility index (Phi) is 6.82. The van der Waals surface area contributed by atoms with Crippen molar-refractivity contribution in [3.05, 3.63) is 45.6 Å². The number of carbonyl (C=O) groups is 1. The van der Waals surface area contributed by atoms with Gasteiger partial charge in [0, 0.05) is 10.9 Å². The van der Waals surface area contributed by atoms with Gasteiger partial charge in [0.15, 0.2) is 5.16 Å². The van der Waals surface area contributed by atoms with Crippen LogP contribution >= 0.6 is 23.1 Å². The lowest BCUT2D eigenvalue weighted by molar-refractivity contribution is -0.147. The average molecular weight is 457 g/mol. The highest BCUT2D eigenvalue weighted by Gasteiger charge is 2.22. The minimum absolute atomic E-state index is 0.0285. The van der Waals surface area contributed by atoms with E-state index in [0.29, 0.717) is 27.2 Å². The Hall–Kier alpha value is -2.12. The normalized spacial score (nSPS) is 19.1. The molecule has 0 aliphatic heterocycles. The van der Waals surface area contributed by atoms with Crippen LogP contribution in [0.3, 0.4) is 0 Å². The average Bonchev–Trinajstić information content (AvgIpc) is 3.19. The highest BCUT2D eigenvalue weighted by atomic mass is 32.2. The van der Waals surface area contributed by atoms with Crippen molar-refractivity contribution >= 4 is 39.3 Å². The van der Waals surface area contributed by atoms with Gasteiger partial charge >= 0.3 is 5.97 Å². The van der Waals surface area contributed by atoms with Gasteiger partial charge in [0.25, 0.3) is 5.56 Å². The first-order chi connectivity index (χ1) is 14.9. The SMILES string of the molecule is CC1CCC(OC(=O)CSc2nc3scc(-c4ccc(C(C)C)cc4)c3c(=O)[nH]2)CC1. The zero-order valence-corrected chi connectivity index (χ0v) is 19.8. The fourth-order valence-corrected chi connectivity index (χ4v) is 5.60. The van der Waals surface area contributed by atoms with Crippen molar-refractivity contribution in [3.63, 3.8) is 0 Å². The number of carbonyl (C=O) groups excluding carboxylic acids is 1. The van der Waals surface area contributed by atoms with E-state index in [1.807, 2.05) is 5.38 Å². The lowest BCUT2D eigenvalue weighted by atomic mass is 9.89. The van der Waals surface area contributed by atoms with Crippen LogP contribution < -0.4 is 5.56 Å². The molecule has 0 atom stereocenters. The number of aromatic nitrogens is 2. The van der Waals surface area contributed by atoms with Crippen LogP contribution in [0.25, 0.3) is 21.3 Å². The molecule has 1 aromatic carbocycles. The topological polar surface area (TPSA) is 72.0 Å². The van der Waals surface area contributed by atoms with Crippen LogP contribution in [0, 0.1) is 5.92 Å². The van der Waals surface area contributed by atoms with Crippen molar-refractivity contribution in [1.29, 1.82) is 0 Å². The Bertz CT molecular complexity index is 1110. The predicted octanol–water partition coefficient (Wildman–Crippen LogP) is 5.99. The van der Waals surface area contributed by atoms with Gasteiger partial charge in [-0.15, -0.1) is 11.3 Å². The Morgan fingerprint density at radius 2 is 1.94 bits per heavy atom. The van der Waals surface area contributed by atoms with E-state index in [1.54, 1.807) is 0 Å². The van der Waals surface area contributed by atoms with Crippen LogP contribution in [0.5, 0.6) is 0 Å². The summed E-state index contributed by atoms with van der Waals surface area (Å²) in [6, 6.07) is 8.32. The molecule has 0 unspecified atom stereocenters. The minimum Gasteiger partial charge on any atom is -0.462 e. The first kappa shape index (κ1) is 22.1. The summed E-state index contributed by atoms with van der Waals surface area (Å²) in [5.74, 6) is 1.08. The summed E-state index contributed by atoms with van der Waals surface area (Å²) < 4.78 is 5.59. The zero-order valence-electron chi connectivity index (χ0n) is 18.1. The Morgan fingerprint density at radius 1 is 1.23 bits per heavy atom. The molecule has 5 nitrogen and oxygen atoms in total. The van der Waals surface area contributed by atoms with Crippen LogP contribution in [0.15, 0.2) is 39.6 Å². The molecule has 1 N–H and O–H groups in total. The highest BCUT2D eigenvalue weighted by molar-refractivity contribution is 7.99. The molecule has 0 radical (unpaired) electrons. The van der Waals surface area contributed by atoms with Crippen LogP contribution in [-0.2, 0) is 9.53 Å². The molecule has 1 fully saturated rings. The summed E-state index contributed by atoms with van der Waals surface area (Å²) >= 11 is 2.67. The van der Waals surface area contributed by atoms with E-state index >= 15 is 0 Å². The molecule has 4 rings (SSSR count). The number of thioether (sulfide) groups is 1. The number of aromatic amines is 1. The molecular weight excluding hydrogens is 428 g/mol. The number of hydrogen-bond acceptors (Lipinski definition) is 6. The lowest BCUT2D eigenvalue weighted by Crippen LogP contribution is -2.24. The van der Waals surface area contributed by atoms with Gasteiger partial charge in [-0.2, -0.15) is 0 Å². The number of nitrogens with zero attached hydrogens (tertiary/aromatic N) is 1. The van der Waals surface area contributed by atoms with E-state index < -0.39 is 0 Å². The van der Waals surface area contributed by atoms with Crippen molar-refractivity contribution in [1.82, 2.24) is 9.97 Å². The summed E-state index contributed by atoms with van der Waals surface area (Å²) in [6.07, 6.45) is 4.12. The molecule has 0 amide bonds. The fraction of sp³-hybridized carbons (Fsp3) is 0.458. The van der Waals surface area contributed by atoms with Crippen LogP contribution in [0.1, 0.15) is 57.9 Å². The molecule has 2 heterocycles. The molecule has 1 aliphatic carbocycles. The van der Waals surface area contributed by atoms with Crippen molar-refractivity contribution in [2.24, 2.45) is 5.92 Å². The summed E-state index contributed by atoms with van der Waals surface area (Å²) in [4.78, 5) is 33.1. The van der Waals surface area contributed by atoms with Gasteiger partial charge in [0.2, 0.25) is 0 Å². The van der Waals surface area contributed by atoms with Crippen molar-refractivity contribution in [2.45, 2.75) is 63.6 Å². The second-order valence-corrected chi connectivity index (χ2v) is 10.5. The predicted molar refractivity (Wildman–Crippen MR) is 128 cm³/mol. The van der Waals surface area contributed by atoms with Crippen LogP contribution in [0.2, 0.25) is 0 Å². The standard InChI is InChI=1S/C24H28N2O3S2/c1-14(2)16-6-8-17(9-7-16)19-12-30-23-21(19)22(28)25-24(26-23)31-13-20(27)29-18-10-4-15(3)5-11-18/h6-9,12,14-15,18H,4-5,10-11,13H2,1-3H3,(H,25,26,28). The molecule has 164 valence electrons. The smallest absolute Gasteiger partial charge is 0.316 e. The number of H-pyrrole nitrogens is 1. The number of thiophene rings is 1. The second-order valence-electron chi connectivity index (χ2n) is 8.64.